The van der Waals surface area contributed by atoms with Gasteiger partial charge in [0.15, 0.2) is 5.96 Å². The van der Waals surface area contributed by atoms with E-state index in [1.54, 1.807) is 40.5 Å². The van der Waals surface area contributed by atoms with E-state index < -0.39 is 0 Å². The lowest BCUT2D eigenvalue weighted by molar-refractivity contribution is -0.140. The third kappa shape index (κ3) is 4.62. The van der Waals surface area contributed by atoms with Gasteiger partial charge >= 0.3 is 0 Å². The highest BCUT2D eigenvalue weighted by atomic mass is 127. The Hall–Kier alpha value is -2.50. The molecule has 4 unspecified atom stereocenters. The van der Waals surface area contributed by atoms with Crippen LogP contribution in [0, 0.1) is 23.7 Å². The largest absolute Gasteiger partial charge is 0.496 e. The maximum Gasteiger partial charge on any atom is 0.233 e. The number of hydrogen-bond donors (Lipinski definition) is 2. The Morgan fingerprint density at radius 2 is 1.58 bits per heavy atom. The van der Waals surface area contributed by atoms with E-state index in [1.807, 2.05) is 0 Å². The van der Waals surface area contributed by atoms with Gasteiger partial charge in [-0.05, 0) is 18.3 Å². The summed E-state index contributed by atoms with van der Waals surface area (Å²) in [5.41, 5.74) is 0.819. The summed E-state index contributed by atoms with van der Waals surface area (Å²) in [6.45, 7) is 1.13. The van der Waals surface area contributed by atoms with Crippen LogP contribution in [0.4, 0.5) is 0 Å². The first-order valence-electron chi connectivity index (χ1n) is 10.8. The number of aliphatic imine (C=N–C) groups is 1. The van der Waals surface area contributed by atoms with E-state index in [0.29, 0.717) is 42.8 Å². The monoisotopic (exact) mass is 570 g/mol. The number of allylic oxidation sites excluding steroid dienone is 2. The Balaban J connectivity index is 0.00000306. The molecule has 4 rings (SSSR count). The average molecular weight is 570 g/mol. The van der Waals surface area contributed by atoms with E-state index >= 15 is 0 Å². The molecule has 1 aliphatic heterocycles. The van der Waals surface area contributed by atoms with Crippen molar-refractivity contribution in [1.29, 1.82) is 0 Å². The van der Waals surface area contributed by atoms with E-state index in [4.69, 9.17) is 14.2 Å². The second-order valence-electron chi connectivity index (χ2n) is 8.19. The average Bonchev–Trinajstić information content (AvgIpc) is 3.50. The van der Waals surface area contributed by atoms with E-state index in [1.165, 1.54) is 4.90 Å². The molecule has 2 fully saturated rings. The van der Waals surface area contributed by atoms with Gasteiger partial charge in [-0.15, -0.1) is 24.0 Å². The van der Waals surface area contributed by atoms with Crippen molar-refractivity contribution in [3.05, 3.63) is 29.8 Å². The lowest BCUT2D eigenvalue weighted by Gasteiger charge is -2.19. The molecule has 0 aromatic heterocycles. The molecule has 1 heterocycles. The predicted octanol–water partition coefficient (Wildman–Crippen LogP) is 1.80. The van der Waals surface area contributed by atoms with Crippen LogP contribution in [0.25, 0.3) is 0 Å². The SMILES string of the molecule is CN=C(NCCN1C(=O)C2C3C=CC(C3)C2C1=O)NCc1c(OC)cc(OC)cc1OC.I. The normalized spacial score (nSPS) is 25.1. The second-order valence-corrected chi connectivity index (χ2v) is 8.19. The predicted molar refractivity (Wildman–Crippen MR) is 134 cm³/mol. The van der Waals surface area contributed by atoms with Crippen LogP contribution in [-0.2, 0) is 16.1 Å². The van der Waals surface area contributed by atoms with Gasteiger partial charge in [0, 0.05) is 32.3 Å². The third-order valence-corrected chi connectivity index (χ3v) is 6.66. The number of rotatable bonds is 8. The van der Waals surface area contributed by atoms with Crippen molar-refractivity contribution in [3.8, 4) is 17.2 Å². The topological polar surface area (TPSA) is 101 Å². The summed E-state index contributed by atoms with van der Waals surface area (Å²) in [6.07, 6.45) is 5.15. The van der Waals surface area contributed by atoms with E-state index in [-0.39, 0.29) is 59.5 Å². The summed E-state index contributed by atoms with van der Waals surface area (Å²) >= 11 is 0. The molecule has 1 saturated carbocycles. The first kappa shape index (κ1) is 25.1. The van der Waals surface area contributed by atoms with Crippen LogP contribution >= 0.6 is 24.0 Å². The number of guanidine groups is 1. The number of ether oxygens (including phenoxy) is 3. The summed E-state index contributed by atoms with van der Waals surface area (Å²) in [7, 11) is 6.43. The quantitative estimate of drug-likeness (QED) is 0.162. The van der Waals surface area contributed by atoms with Crippen molar-refractivity contribution in [3.63, 3.8) is 0 Å². The number of imide groups is 1. The zero-order valence-electron chi connectivity index (χ0n) is 19.3. The summed E-state index contributed by atoms with van der Waals surface area (Å²) in [5, 5.41) is 6.40. The molecule has 2 amide bonds. The number of nitrogens with one attached hydrogen (secondary N) is 2. The van der Waals surface area contributed by atoms with Gasteiger partial charge in [0.1, 0.15) is 17.2 Å². The lowest BCUT2D eigenvalue weighted by Crippen LogP contribution is -2.43. The molecule has 0 radical (unpaired) electrons. The van der Waals surface area contributed by atoms with Crippen molar-refractivity contribution in [2.45, 2.75) is 13.0 Å². The van der Waals surface area contributed by atoms with Crippen molar-refractivity contribution in [1.82, 2.24) is 15.5 Å². The van der Waals surface area contributed by atoms with Crippen LogP contribution in [-0.4, -0.2) is 64.1 Å². The van der Waals surface area contributed by atoms with E-state index in [9.17, 15) is 9.59 Å². The minimum atomic E-state index is -0.162. The standard InChI is InChI=1S/C23H30N4O5.HI/c1-24-23(26-12-16-17(31-3)10-15(30-2)11-18(16)32-4)25-7-8-27-21(28)19-13-5-6-14(9-13)20(19)22(27)29;/h5-6,10-11,13-14,19-20H,7-9,12H2,1-4H3,(H2,24,25,26);1H. The second kappa shape index (κ2) is 10.6. The molecule has 1 aromatic rings. The Kier molecular flexibility index (Phi) is 8.09. The molecular weight excluding hydrogens is 539 g/mol. The van der Waals surface area contributed by atoms with Crippen LogP contribution < -0.4 is 24.8 Å². The Morgan fingerprint density at radius 3 is 2.06 bits per heavy atom. The van der Waals surface area contributed by atoms with E-state index in [2.05, 4.69) is 27.8 Å². The maximum atomic E-state index is 12.8. The fraction of sp³-hybridized carbons (Fsp3) is 0.522. The van der Waals surface area contributed by atoms with Crippen molar-refractivity contribution < 1.29 is 23.8 Å². The molecule has 1 aromatic carbocycles. The minimum absolute atomic E-state index is 0. The number of carbonyl (C=O) groups is 2. The number of hydrogen-bond acceptors (Lipinski definition) is 6. The fourth-order valence-corrected chi connectivity index (χ4v) is 5.12. The Bertz CT molecular complexity index is 911. The number of likely N-dealkylation sites (tertiary alicyclic amines) is 1. The highest BCUT2D eigenvalue weighted by molar-refractivity contribution is 14.0. The number of nitrogens with zero attached hydrogens (tertiary/aromatic N) is 2. The summed E-state index contributed by atoms with van der Waals surface area (Å²) in [5.74, 6) is 2.51. The third-order valence-electron chi connectivity index (χ3n) is 6.66. The van der Waals surface area contributed by atoms with Gasteiger partial charge in [-0.3, -0.25) is 19.5 Å². The molecule has 2 bridgehead atoms. The molecule has 180 valence electrons. The summed E-state index contributed by atoms with van der Waals surface area (Å²) < 4.78 is 16.2. The number of benzene rings is 1. The molecule has 3 aliphatic rings. The number of halogens is 1. The highest BCUT2D eigenvalue weighted by Gasteiger charge is 2.58. The molecular formula is C23H31IN4O5. The van der Waals surface area contributed by atoms with Crippen LogP contribution in [0.3, 0.4) is 0 Å². The summed E-state index contributed by atoms with van der Waals surface area (Å²) in [4.78, 5) is 31.2. The molecule has 0 spiro atoms. The molecule has 4 atom stereocenters. The van der Waals surface area contributed by atoms with Gasteiger partial charge in [-0.1, -0.05) is 12.2 Å². The van der Waals surface area contributed by atoms with Gasteiger partial charge in [0.2, 0.25) is 11.8 Å². The number of fused-ring (bicyclic) bond motifs is 5. The van der Waals surface area contributed by atoms with E-state index in [0.717, 1.165) is 12.0 Å². The zero-order chi connectivity index (χ0) is 22.8. The zero-order valence-corrected chi connectivity index (χ0v) is 21.6. The Labute approximate surface area is 210 Å². The first-order chi connectivity index (χ1) is 15.5. The molecule has 9 nitrogen and oxygen atoms in total. The van der Waals surface area contributed by atoms with Gasteiger partial charge in [0.05, 0.1) is 45.3 Å². The molecule has 10 heteroatoms. The van der Waals surface area contributed by atoms with Crippen LogP contribution in [0.2, 0.25) is 0 Å². The van der Waals surface area contributed by atoms with Gasteiger partial charge in [-0.25, -0.2) is 0 Å². The van der Waals surface area contributed by atoms with Crippen LogP contribution in [0.15, 0.2) is 29.3 Å². The maximum absolute atomic E-state index is 12.8. The van der Waals surface area contributed by atoms with Crippen molar-refractivity contribution >= 4 is 41.8 Å². The van der Waals surface area contributed by atoms with Crippen molar-refractivity contribution in [2.75, 3.05) is 41.5 Å². The molecule has 1 saturated heterocycles. The number of carbonyl (C=O) groups excluding carboxylic acids is 2. The highest BCUT2D eigenvalue weighted by Crippen LogP contribution is 2.52. The lowest BCUT2D eigenvalue weighted by atomic mass is 9.85. The molecule has 33 heavy (non-hydrogen) atoms. The first-order valence-corrected chi connectivity index (χ1v) is 10.8. The van der Waals surface area contributed by atoms with Crippen LogP contribution in [0.1, 0.15) is 12.0 Å². The molecule has 2 aliphatic carbocycles. The number of methoxy groups -OCH3 is 3. The Morgan fingerprint density at radius 1 is 1.00 bits per heavy atom. The number of amides is 2. The molecule has 2 N–H and O–H groups in total. The summed E-state index contributed by atoms with van der Waals surface area (Å²) in [6, 6.07) is 3.58. The smallest absolute Gasteiger partial charge is 0.233 e. The van der Waals surface area contributed by atoms with Crippen LogP contribution in [0.5, 0.6) is 17.2 Å². The minimum Gasteiger partial charge on any atom is -0.496 e. The fourth-order valence-electron chi connectivity index (χ4n) is 5.12. The van der Waals surface area contributed by atoms with Gasteiger partial charge in [0.25, 0.3) is 0 Å². The van der Waals surface area contributed by atoms with Crippen molar-refractivity contribution in [2.24, 2.45) is 28.7 Å². The van der Waals surface area contributed by atoms with Gasteiger partial charge < -0.3 is 24.8 Å². The van der Waals surface area contributed by atoms with Gasteiger partial charge in [-0.2, -0.15) is 0 Å².